The predicted molar refractivity (Wildman–Crippen MR) is 54.0 cm³/mol. The van der Waals surface area contributed by atoms with Crippen LogP contribution in [-0.4, -0.2) is 37.5 Å². The molecule has 0 bridgehead atoms. The molecule has 0 saturated carbocycles. The molecule has 1 saturated heterocycles. The number of hydrogen-bond donors (Lipinski definition) is 3. The number of carbonyl (C=O) groups excluding carboxylic acids is 1. The summed E-state index contributed by atoms with van der Waals surface area (Å²) < 4.78 is 0. The third kappa shape index (κ3) is 2.16. The second-order valence-corrected chi connectivity index (χ2v) is 3.99. The Bertz CT molecular complexity index is 264. The summed E-state index contributed by atoms with van der Waals surface area (Å²) in [6.07, 6.45) is 0.635. The van der Waals surface area contributed by atoms with Gasteiger partial charge in [-0.2, -0.15) is 0 Å². The van der Waals surface area contributed by atoms with E-state index in [1.54, 1.807) is 0 Å². The summed E-state index contributed by atoms with van der Waals surface area (Å²) in [6, 6.07) is 0.431. The Labute approximate surface area is 83.4 Å². The molecule has 2 heterocycles. The number of carbonyl (C=O) groups is 1. The number of amides is 1. The summed E-state index contributed by atoms with van der Waals surface area (Å²) in [4.78, 5) is 15.2. The van der Waals surface area contributed by atoms with Crippen molar-refractivity contribution in [2.45, 2.75) is 19.4 Å². The first kappa shape index (κ1) is 9.30. The first-order chi connectivity index (χ1) is 6.74. The van der Waals surface area contributed by atoms with Gasteiger partial charge in [0.1, 0.15) is 0 Å². The van der Waals surface area contributed by atoms with Gasteiger partial charge in [0.15, 0.2) is 5.96 Å². The average molecular weight is 196 g/mol. The summed E-state index contributed by atoms with van der Waals surface area (Å²) in [7, 11) is 0. The van der Waals surface area contributed by atoms with Gasteiger partial charge in [-0.15, -0.1) is 0 Å². The predicted octanol–water partition coefficient (Wildman–Crippen LogP) is -0.940. The van der Waals surface area contributed by atoms with Crippen molar-refractivity contribution < 1.29 is 4.79 Å². The molecule has 78 valence electrons. The Hall–Kier alpha value is -1.26. The second kappa shape index (κ2) is 3.86. The molecule has 14 heavy (non-hydrogen) atoms. The van der Waals surface area contributed by atoms with E-state index in [1.165, 1.54) is 0 Å². The van der Waals surface area contributed by atoms with Crippen molar-refractivity contribution in [2.75, 3.05) is 19.6 Å². The molecule has 0 aromatic heterocycles. The normalized spacial score (nSPS) is 30.9. The molecule has 1 amide bonds. The molecule has 0 aromatic rings. The van der Waals surface area contributed by atoms with E-state index in [1.807, 2.05) is 0 Å². The highest BCUT2D eigenvalue weighted by Gasteiger charge is 2.22. The molecule has 5 nitrogen and oxygen atoms in total. The fraction of sp³-hybridized carbons (Fsp3) is 0.778. The average Bonchev–Trinajstić information content (AvgIpc) is 2.72. The van der Waals surface area contributed by atoms with E-state index in [0.717, 1.165) is 25.6 Å². The largest absolute Gasteiger partial charge is 0.356 e. The lowest BCUT2D eigenvalue weighted by atomic mass is 10.1. The van der Waals surface area contributed by atoms with Gasteiger partial charge >= 0.3 is 0 Å². The maximum atomic E-state index is 10.9. The first-order valence-electron chi connectivity index (χ1n) is 5.05. The molecule has 0 aliphatic carbocycles. The van der Waals surface area contributed by atoms with Crippen LogP contribution in [0.2, 0.25) is 0 Å². The summed E-state index contributed by atoms with van der Waals surface area (Å²) in [6.45, 7) is 4.54. The Morgan fingerprint density at radius 1 is 1.64 bits per heavy atom. The molecular formula is C9H16N4O. The van der Waals surface area contributed by atoms with Crippen LogP contribution in [0.25, 0.3) is 0 Å². The third-order valence-corrected chi connectivity index (χ3v) is 2.53. The zero-order valence-corrected chi connectivity index (χ0v) is 8.34. The minimum absolute atomic E-state index is 0.159. The highest BCUT2D eigenvalue weighted by Crippen LogP contribution is 2.07. The van der Waals surface area contributed by atoms with E-state index < -0.39 is 0 Å². The quantitative estimate of drug-likeness (QED) is 0.534. The second-order valence-electron chi connectivity index (χ2n) is 3.99. The van der Waals surface area contributed by atoms with Crippen molar-refractivity contribution in [3.63, 3.8) is 0 Å². The van der Waals surface area contributed by atoms with Gasteiger partial charge in [-0.3, -0.25) is 9.79 Å². The Kier molecular flexibility index (Phi) is 2.56. The summed E-state index contributed by atoms with van der Waals surface area (Å²) in [5.74, 6) is 1.44. The van der Waals surface area contributed by atoms with E-state index in [0.29, 0.717) is 18.4 Å². The molecule has 0 aromatic carbocycles. The highest BCUT2D eigenvalue weighted by molar-refractivity contribution is 5.82. The first-order valence-corrected chi connectivity index (χ1v) is 5.05. The van der Waals surface area contributed by atoms with Crippen molar-refractivity contribution in [1.82, 2.24) is 16.0 Å². The minimum Gasteiger partial charge on any atom is -0.356 e. The van der Waals surface area contributed by atoms with Crippen LogP contribution in [0.4, 0.5) is 0 Å². The summed E-state index contributed by atoms with van der Waals surface area (Å²) >= 11 is 0. The molecule has 2 aliphatic heterocycles. The van der Waals surface area contributed by atoms with Crippen LogP contribution >= 0.6 is 0 Å². The third-order valence-electron chi connectivity index (χ3n) is 2.53. The molecule has 2 atom stereocenters. The van der Waals surface area contributed by atoms with Gasteiger partial charge in [0.25, 0.3) is 0 Å². The van der Waals surface area contributed by atoms with Gasteiger partial charge in [-0.05, 0) is 6.92 Å². The fourth-order valence-electron chi connectivity index (χ4n) is 1.71. The van der Waals surface area contributed by atoms with Crippen LogP contribution in [0.3, 0.4) is 0 Å². The molecule has 2 aliphatic rings. The topological polar surface area (TPSA) is 65.5 Å². The SMILES string of the molecule is CC1CN=C(NCC2CNC(=O)C2)N1. The van der Waals surface area contributed by atoms with Gasteiger partial charge in [-0.1, -0.05) is 0 Å². The Morgan fingerprint density at radius 3 is 3.07 bits per heavy atom. The smallest absolute Gasteiger partial charge is 0.220 e. The van der Waals surface area contributed by atoms with Crippen LogP contribution < -0.4 is 16.0 Å². The maximum Gasteiger partial charge on any atom is 0.220 e. The van der Waals surface area contributed by atoms with Crippen LogP contribution in [0.5, 0.6) is 0 Å². The van der Waals surface area contributed by atoms with Gasteiger partial charge in [0, 0.05) is 31.5 Å². The lowest BCUT2D eigenvalue weighted by molar-refractivity contribution is -0.119. The van der Waals surface area contributed by atoms with Crippen molar-refractivity contribution in [2.24, 2.45) is 10.9 Å². The number of hydrogen-bond acceptors (Lipinski definition) is 4. The van der Waals surface area contributed by atoms with Crippen LogP contribution in [0.15, 0.2) is 4.99 Å². The van der Waals surface area contributed by atoms with E-state index >= 15 is 0 Å². The molecule has 3 N–H and O–H groups in total. The van der Waals surface area contributed by atoms with Gasteiger partial charge in [0.2, 0.25) is 5.91 Å². The number of nitrogens with one attached hydrogen (secondary N) is 3. The summed E-state index contributed by atoms with van der Waals surface area (Å²) in [5.41, 5.74) is 0. The van der Waals surface area contributed by atoms with E-state index in [9.17, 15) is 4.79 Å². The van der Waals surface area contributed by atoms with Gasteiger partial charge < -0.3 is 16.0 Å². The minimum atomic E-state index is 0.159. The fourth-order valence-corrected chi connectivity index (χ4v) is 1.71. The lowest BCUT2D eigenvalue weighted by Crippen LogP contribution is -2.40. The highest BCUT2D eigenvalue weighted by atomic mass is 16.1. The van der Waals surface area contributed by atoms with Crippen molar-refractivity contribution >= 4 is 11.9 Å². The Morgan fingerprint density at radius 2 is 2.50 bits per heavy atom. The number of nitrogens with zero attached hydrogens (tertiary/aromatic N) is 1. The van der Waals surface area contributed by atoms with Crippen molar-refractivity contribution in [3.8, 4) is 0 Å². The molecule has 0 spiro atoms. The van der Waals surface area contributed by atoms with Crippen LogP contribution in [0.1, 0.15) is 13.3 Å². The monoisotopic (exact) mass is 196 g/mol. The zero-order chi connectivity index (χ0) is 9.97. The van der Waals surface area contributed by atoms with Gasteiger partial charge in [-0.25, -0.2) is 0 Å². The number of guanidine groups is 1. The molecule has 1 fully saturated rings. The van der Waals surface area contributed by atoms with Crippen LogP contribution in [-0.2, 0) is 4.79 Å². The molecule has 5 heteroatoms. The maximum absolute atomic E-state index is 10.9. The molecule has 0 radical (unpaired) electrons. The van der Waals surface area contributed by atoms with Crippen molar-refractivity contribution in [1.29, 1.82) is 0 Å². The van der Waals surface area contributed by atoms with E-state index in [4.69, 9.17) is 0 Å². The Balaban J connectivity index is 1.70. The lowest BCUT2D eigenvalue weighted by Gasteiger charge is -2.11. The van der Waals surface area contributed by atoms with Crippen molar-refractivity contribution in [3.05, 3.63) is 0 Å². The van der Waals surface area contributed by atoms with E-state index in [-0.39, 0.29) is 5.91 Å². The van der Waals surface area contributed by atoms with Gasteiger partial charge in [0.05, 0.1) is 6.54 Å². The molecular weight excluding hydrogens is 180 g/mol. The van der Waals surface area contributed by atoms with Crippen LogP contribution in [0, 0.1) is 5.92 Å². The zero-order valence-electron chi connectivity index (χ0n) is 8.34. The number of aliphatic imine (C=N–C) groups is 1. The summed E-state index contributed by atoms with van der Waals surface area (Å²) in [5, 5.41) is 9.26. The standard InChI is InChI=1S/C9H16N4O/c1-6-3-11-9(13-6)12-5-7-2-8(14)10-4-7/h6-7H,2-5H2,1H3,(H,10,14)(H2,11,12,13). The number of rotatable bonds is 2. The molecule has 2 unspecified atom stereocenters. The molecule has 2 rings (SSSR count). The van der Waals surface area contributed by atoms with E-state index in [2.05, 4.69) is 27.9 Å².